The standard InChI is InChI=1S/C25H24F3N7O/c1-15(2)32-21-13-22(31-14-30-21)35-10-9-29-24(35)34-20-12-19(8-7-16(20)3)33-23(36)17-5-4-6-18(11-17)25(26,27)28/h4-15H,1-3H3,(H,29,34)(H,33,36)(H,30,31,32). The molecular weight excluding hydrogens is 471 g/mol. The molecule has 0 aliphatic heterocycles. The second kappa shape index (κ2) is 10.1. The summed E-state index contributed by atoms with van der Waals surface area (Å²) < 4.78 is 40.8. The summed E-state index contributed by atoms with van der Waals surface area (Å²) >= 11 is 0. The molecule has 0 atom stereocenters. The second-order valence-corrected chi connectivity index (χ2v) is 8.37. The third-order valence-corrected chi connectivity index (χ3v) is 5.17. The molecule has 2 aromatic carbocycles. The summed E-state index contributed by atoms with van der Waals surface area (Å²) in [5, 5.41) is 9.11. The molecule has 0 spiro atoms. The minimum Gasteiger partial charge on any atom is -0.368 e. The monoisotopic (exact) mass is 495 g/mol. The first-order valence-corrected chi connectivity index (χ1v) is 11.1. The number of hydrogen-bond acceptors (Lipinski definition) is 6. The highest BCUT2D eigenvalue weighted by atomic mass is 19.4. The van der Waals surface area contributed by atoms with Crippen molar-refractivity contribution in [3.63, 3.8) is 0 Å². The van der Waals surface area contributed by atoms with E-state index in [-0.39, 0.29) is 11.6 Å². The summed E-state index contributed by atoms with van der Waals surface area (Å²) in [4.78, 5) is 25.5. The van der Waals surface area contributed by atoms with E-state index in [9.17, 15) is 18.0 Å². The van der Waals surface area contributed by atoms with E-state index in [0.29, 0.717) is 29.0 Å². The molecule has 1 amide bonds. The topological polar surface area (TPSA) is 96.8 Å². The molecule has 11 heteroatoms. The lowest BCUT2D eigenvalue weighted by atomic mass is 10.1. The van der Waals surface area contributed by atoms with E-state index in [4.69, 9.17) is 0 Å². The van der Waals surface area contributed by atoms with Crippen molar-refractivity contribution in [2.75, 3.05) is 16.0 Å². The SMILES string of the molecule is Cc1ccc(NC(=O)c2cccc(C(F)(F)F)c2)cc1Nc1nccn1-c1cc(NC(C)C)ncn1. The normalized spacial score (nSPS) is 11.4. The van der Waals surface area contributed by atoms with Gasteiger partial charge in [-0.25, -0.2) is 15.0 Å². The van der Waals surface area contributed by atoms with Gasteiger partial charge in [-0.3, -0.25) is 9.36 Å². The average Bonchev–Trinajstić information content (AvgIpc) is 3.29. The number of aromatic nitrogens is 4. The van der Waals surface area contributed by atoms with Crippen LogP contribution in [0.25, 0.3) is 5.82 Å². The van der Waals surface area contributed by atoms with E-state index in [1.807, 2.05) is 20.8 Å². The number of aryl methyl sites for hydroxylation is 1. The summed E-state index contributed by atoms with van der Waals surface area (Å²) in [5.74, 6) is 1.10. The molecule has 0 radical (unpaired) electrons. The molecule has 3 N–H and O–H groups in total. The fourth-order valence-corrected chi connectivity index (χ4v) is 3.43. The molecule has 0 fully saturated rings. The Hall–Kier alpha value is -4.41. The number of nitrogens with zero attached hydrogens (tertiary/aromatic N) is 4. The Morgan fingerprint density at radius 2 is 1.83 bits per heavy atom. The van der Waals surface area contributed by atoms with Crippen LogP contribution in [0, 0.1) is 6.92 Å². The second-order valence-electron chi connectivity index (χ2n) is 8.37. The Balaban J connectivity index is 1.55. The highest BCUT2D eigenvalue weighted by Crippen LogP contribution is 2.30. The lowest BCUT2D eigenvalue weighted by Crippen LogP contribution is -2.14. The van der Waals surface area contributed by atoms with E-state index in [2.05, 4.69) is 30.9 Å². The van der Waals surface area contributed by atoms with Crippen molar-refractivity contribution in [3.8, 4) is 5.82 Å². The molecule has 0 unspecified atom stereocenters. The molecule has 2 heterocycles. The Labute approximate surface area is 205 Å². The van der Waals surface area contributed by atoms with Crippen molar-refractivity contribution in [3.05, 3.63) is 83.9 Å². The zero-order chi connectivity index (χ0) is 25.9. The fraction of sp³-hybridized carbons (Fsp3) is 0.200. The third kappa shape index (κ3) is 5.80. The zero-order valence-electron chi connectivity index (χ0n) is 19.8. The van der Waals surface area contributed by atoms with E-state index >= 15 is 0 Å². The average molecular weight is 496 g/mol. The Kier molecular flexibility index (Phi) is 6.91. The summed E-state index contributed by atoms with van der Waals surface area (Å²) in [6.45, 7) is 5.89. The molecule has 8 nitrogen and oxygen atoms in total. The van der Waals surface area contributed by atoms with Crippen molar-refractivity contribution in [2.45, 2.75) is 33.0 Å². The van der Waals surface area contributed by atoms with Gasteiger partial charge in [0.25, 0.3) is 5.91 Å². The number of nitrogens with one attached hydrogen (secondary N) is 3. The van der Waals surface area contributed by atoms with Crippen LogP contribution in [0.4, 0.5) is 36.3 Å². The largest absolute Gasteiger partial charge is 0.416 e. The van der Waals surface area contributed by atoms with Gasteiger partial charge in [-0.15, -0.1) is 0 Å². The van der Waals surface area contributed by atoms with Crippen molar-refractivity contribution in [2.24, 2.45) is 0 Å². The molecule has 0 aliphatic rings. The van der Waals surface area contributed by atoms with Gasteiger partial charge in [0, 0.05) is 41.4 Å². The van der Waals surface area contributed by atoms with Crippen LogP contribution < -0.4 is 16.0 Å². The number of hydrogen-bond donors (Lipinski definition) is 3. The number of anilines is 4. The first-order valence-electron chi connectivity index (χ1n) is 11.1. The predicted octanol–water partition coefficient (Wildman–Crippen LogP) is 5.81. The van der Waals surface area contributed by atoms with Gasteiger partial charge in [-0.1, -0.05) is 12.1 Å². The molecule has 36 heavy (non-hydrogen) atoms. The molecule has 186 valence electrons. The fourth-order valence-electron chi connectivity index (χ4n) is 3.43. The van der Waals surface area contributed by atoms with Crippen LogP contribution in [0.5, 0.6) is 0 Å². The maximum Gasteiger partial charge on any atom is 0.416 e. The van der Waals surface area contributed by atoms with Crippen molar-refractivity contribution >= 4 is 29.0 Å². The lowest BCUT2D eigenvalue weighted by molar-refractivity contribution is -0.137. The van der Waals surface area contributed by atoms with E-state index in [0.717, 1.165) is 17.7 Å². The molecule has 0 saturated carbocycles. The zero-order valence-corrected chi connectivity index (χ0v) is 19.8. The van der Waals surface area contributed by atoms with Crippen molar-refractivity contribution in [1.29, 1.82) is 0 Å². The molecule has 0 aliphatic carbocycles. The molecular formula is C25H24F3N7O. The van der Waals surface area contributed by atoms with E-state index in [1.54, 1.807) is 41.2 Å². The number of benzene rings is 2. The van der Waals surface area contributed by atoms with Crippen molar-refractivity contribution < 1.29 is 18.0 Å². The van der Waals surface area contributed by atoms with Gasteiger partial charge in [0.2, 0.25) is 5.95 Å². The van der Waals surface area contributed by atoms with E-state index in [1.165, 1.54) is 18.5 Å². The third-order valence-electron chi connectivity index (χ3n) is 5.17. The highest BCUT2D eigenvalue weighted by Gasteiger charge is 2.30. The van der Waals surface area contributed by atoms with Gasteiger partial charge in [-0.2, -0.15) is 13.2 Å². The Morgan fingerprint density at radius 3 is 2.58 bits per heavy atom. The number of carbonyl (C=O) groups excluding carboxylic acids is 1. The smallest absolute Gasteiger partial charge is 0.368 e. The van der Waals surface area contributed by atoms with Crippen LogP contribution in [-0.2, 0) is 6.18 Å². The summed E-state index contributed by atoms with van der Waals surface area (Å²) in [6, 6.07) is 11.4. The molecule has 0 bridgehead atoms. The first-order chi connectivity index (χ1) is 17.1. The first kappa shape index (κ1) is 24.7. The Morgan fingerprint density at radius 1 is 1.03 bits per heavy atom. The number of imidazole rings is 1. The summed E-state index contributed by atoms with van der Waals surface area (Å²) in [6.07, 6.45) is 0.292. The summed E-state index contributed by atoms with van der Waals surface area (Å²) in [5.41, 5.74) is 0.953. The number of carbonyl (C=O) groups is 1. The summed E-state index contributed by atoms with van der Waals surface area (Å²) in [7, 11) is 0. The number of rotatable bonds is 7. The quantitative estimate of drug-likeness (QED) is 0.300. The lowest BCUT2D eigenvalue weighted by Gasteiger charge is -2.14. The Bertz CT molecular complexity index is 1380. The van der Waals surface area contributed by atoms with Crippen LogP contribution in [-0.4, -0.2) is 31.5 Å². The van der Waals surface area contributed by atoms with Gasteiger partial charge in [-0.05, 0) is 56.7 Å². The van der Waals surface area contributed by atoms with Crippen LogP contribution in [0.3, 0.4) is 0 Å². The van der Waals surface area contributed by atoms with Gasteiger partial charge >= 0.3 is 6.18 Å². The van der Waals surface area contributed by atoms with Gasteiger partial charge in [0.05, 0.1) is 5.56 Å². The minimum absolute atomic E-state index is 0.0926. The maximum atomic E-state index is 13.0. The van der Waals surface area contributed by atoms with Gasteiger partial charge in [0.15, 0.2) is 0 Å². The van der Waals surface area contributed by atoms with Crippen LogP contribution >= 0.6 is 0 Å². The van der Waals surface area contributed by atoms with Crippen LogP contribution in [0.2, 0.25) is 0 Å². The molecule has 4 aromatic rings. The van der Waals surface area contributed by atoms with Gasteiger partial charge in [0.1, 0.15) is 18.0 Å². The highest BCUT2D eigenvalue weighted by molar-refractivity contribution is 6.04. The van der Waals surface area contributed by atoms with E-state index < -0.39 is 17.6 Å². The van der Waals surface area contributed by atoms with Crippen LogP contribution in [0.1, 0.15) is 35.3 Å². The molecule has 4 rings (SSSR count). The molecule has 0 saturated heterocycles. The minimum atomic E-state index is -4.53. The number of alkyl halides is 3. The van der Waals surface area contributed by atoms with Gasteiger partial charge < -0.3 is 16.0 Å². The van der Waals surface area contributed by atoms with Crippen LogP contribution in [0.15, 0.2) is 67.3 Å². The number of halogens is 3. The predicted molar refractivity (Wildman–Crippen MR) is 132 cm³/mol. The number of amides is 1. The maximum absolute atomic E-state index is 13.0. The molecule has 2 aromatic heterocycles. The van der Waals surface area contributed by atoms with Crippen molar-refractivity contribution in [1.82, 2.24) is 19.5 Å².